The van der Waals surface area contributed by atoms with Crippen molar-refractivity contribution in [3.05, 3.63) is 0 Å². The summed E-state index contributed by atoms with van der Waals surface area (Å²) in [5.74, 6) is 0. The number of hydrogen-bond donors (Lipinski definition) is 1. The van der Waals surface area contributed by atoms with Crippen LogP contribution in [0.1, 0.15) is 78.1 Å². The van der Waals surface area contributed by atoms with Crippen LogP contribution >= 0.6 is 0 Å². The van der Waals surface area contributed by atoms with Crippen molar-refractivity contribution in [2.75, 3.05) is 20.1 Å². The summed E-state index contributed by atoms with van der Waals surface area (Å²) >= 11 is 0. The van der Waals surface area contributed by atoms with Gasteiger partial charge in [0, 0.05) is 18.6 Å². The van der Waals surface area contributed by atoms with Crippen LogP contribution < -0.4 is 5.32 Å². The molecule has 1 unspecified atom stereocenters. The Morgan fingerprint density at radius 3 is 2.21 bits per heavy atom. The van der Waals surface area contributed by atoms with Crippen LogP contribution in [-0.2, 0) is 0 Å². The second kappa shape index (κ2) is 10.7. The molecule has 0 radical (unpaired) electrons. The van der Waals surface area contributed by atoms with Crippen molar-refractivity contribution >= 4 is 0 Å². The van der Waals surface area contributed by atoms with E-state index >= 15 is 0 Å². The molecule has 1 N–H and O–H groups in total. The van der Waals surface area contributed by atoms with E-state index in [2.05, 4.69) is 31.1 Å². The highest BCUT2D eigenvalue weighted by atomic mass is 15.1. The Kier molecular flexibility index (Phi) is 9.54. The van der Waals surface area contributed by atoms with E-state index in [-0.39, 0.29) is 0 Å². The van der Waals surface area contributed by atoms with Gasteiger partial charge in [0.2, 0.25) is 0 Å². The summed E-state index contributed by atoms with van der Waals surface area (Å²) in [4.78, 5) is 2.48. The van der Waals surface area contributed by atoms with E-state index in [0.29, 0.717) is 0 Å². The maximum Gasteiger partial charge on any atom is 0.0197 e. The number of nitrogens with zero attached hydrogens (tertiary/aromatic N) is 1. The predicted octanol–water partition coefficient (Wildman–Crippen LogP) is 4.20. The number of hydrogen-bond acceptors (Lipinski definition) is 2. The third kappa shape index (κ3) is 7.94. The van der Waals surface area contributed by atoms with E-state index in [4.69, 9.17) is 0 Å². The normalized spacial score (nSPS) is 21.2. The smallest absolute Gasteiger partial charge is 0.0197 e. The summed E-state index contributed by atoms with van der Waals surface area (Å²) in [5.41, 5.74) is 0. The van der Waals surface area contributed by atoms with Crippen molar-refractivity contribution in [3.63, 3.8) is 0 Å². The fourth-order valence-electron chi connectivity index (χ4n) is 3.23. The molecule has 1 atom stereocenters. The molecule has 19 heavy (non-hydrogen) atoms. The zero-order valence-electron chi connectivity index (χ0n) is 13.6. The molecule has 1 saturated heterocycles. The Morgan fingerprint density at radius 1 is 1.05 bits per heavy atom. The molecule has 0 spiro atoms. The standard InChI is InChI=1S/C17H36N2/c1-4-6-8-11-16(12-9-7-5-2)18-17-13-10-14-19(3)15-17/h16-18H,4-15H2,1-3H3. The number of rotatable bonds is 10. The van der Waals surface area contributed by atoms with E-state index in [1.807, 2.05) is 0 Å². The molecule has 0 saturated carbocycles. The monoisotopic (exact) mass is 268 g/mol. The van der Waals surface area contributed by atoms with E-state index in [1.54, 1.807) is 0 Å². The van der Waals surface area contributed by atoms with Gasteiger partial charge in [-0.3, -0.25) is 0 Å². The van der Waals surface area contributed by atoms with Crippen LogP contribution in [-0.4, -0.2) is 37.1 Å². The Balaban J connectivity index is 2.28. The van der Waals surface area contributed by atoms with Gasteiger partial charge in [-0.05, 0) is 39.3 Å². The van der Waals surface area contributed by atoms with Crippen molar-refractivity contribution in [1.82, 2.24) is 10.2 Å². The molecule has 1 fully saturated rings. The van der Waals surface area contributed by atoms with Gasteiger partial charge in [0.05, 0.1) is 0 Å². The first-order valence-corrected chi connectivity index (χ1v) is 8.70. The van der Waals surface area contributed by atoms with Crippen LogP contribution in [0.2, 0.25) is 0 Å². The molecule has 2 heteroatoms. The fourth-order valence-corrected chi connectivity index (χ4v) is 3.23. The summed E-state index contributed by atoms with van der Waals surface area (Å²) in [6, 6.07) is 1.52. The molecule has 0 amide bonds. The maximum atomic E-state index is 3.96. The average molecular weight is 268 g/mol. The lowest BCUT2D eigenvalue weighted by Crippen LogP contribution is -2.47. The highest BCUT2D eigenvalue weighted by Crippen LogP contribution is 2.15. The number of piperidine rings is 1. The number of unbranched alkanes of at least 4 members (excludes halogenated alkanes) is 4. The van der Waals surface area contributed by atoms with Gasteiger partial charge in [0.25, 0.3) is 0 Å². The Bertz CT molecular complexity index is 195. The molecular weight excluding hydrogens is 232 g/mol. The molecule has 0 aromatic heterocycles. The van der Waals surface area contributed by atoms with Gasteiger partial charge in [-0.1, -0.05) is 52.4 Å². The maximum absolute atomic E-state index is 3.96. The largest absolute Gasteiger partial charge is 0.310 e. The average Bonchev–Trinajstić information content (AvgIpc) is 2.39. The SMILES string of the molecule is CCCCCC(CCCCC)NC1CCCN(C)C1. The quantitative estimate of drug-likeness (QED) is 0.597. The van der Waals surface area contributed by atoms with Gasteiger partial charge in [0.15, 0.2) is 0 Å². The molecule has 1 rings (SSSR count). The van der Waals surface area contributed by atoms with Crippen molar-refractivity contribution in [3.8, 4) is 0 Å². The van der Waals surface area contributed by atoms with Gasteiger partial charge in [-0.15, -0.1) is 0 Å². The first kappa shape index (κ1) is 17.0. The Labute approximate surface area is 121 Å². The highest BCUT2D eigenvalue weighted by Gasteiger charge is 2.19. The second-order valence-electron chi connectivity index (χ2n) is 6.46. The lowest BCUT2D eigenvalue weighted by atomic mass is 9.99. The lowest BCUT2D eigenvalue weighted by molar-refractivity contribution is 0.209. The molecule has 0 aromatic carbocycles. The van der Waals surface area contributed by atoms with Crippen LogP contribution in [0.3, 0.4) is 0 Å². The predicted molar refractivity (Wildman–Crippen MR) is 85.7 cm³/mol. The number of likely N-dealkylation sites (tertiary alicyclic amines) is 1. The van der Waals surface area contributed by atoms with Gasteiger partial charge in [-0.25, -0.2) is 0 Å². The molecule has 2 nitrogen and oxygen atoms in total. The van der Waals surface area contributed by atoms with Crippen LogP contribution in [0, 0.1) is 0 Å². The van der Waals surface area contributed by atoms with Crippen LogP contribution in [0.4, 0.5) is 0 Å². The Morgan fingerprint density at radius 2 is 1.68 bits per heavy atom. The molecule has 0 aliphatic carbocycles. The summed E-state index contributed by atoms with van der Waals surface area (Å²) in [7, 11) is 2.26. The minimum atomic E-state index is 0.743. The summed E-state index contributed by atoms with van der Waals surface area (Å²) in [6.45, 7) is 7.14. The first-order valence-electron chi connectivity index (χ1n) is 8.70. The fraction of sp³-hybridized carbons (Fsp3) is 1.00. The summed E-state index contributed by atoms with van der Waals surface area (Å²) in [6.07, 6.45) is 13.8. The van der Waals surface area contributed by atoms with E-state index < -0.39 is 0 Å². The highest BCUT2D eigenvalue weighted by molar-refractivity contribution is 4.80. The van der Waals surface area contributed by atoms with Crippen molar-refractivity contribution in [2.24, 2.45) is 0 Å². The molecular formula is C17H36N2. The molecule has 1 heterocycles. The topological polar surface area (TPSA) is 15.3 Å². The second-order valence-corrected chi connectivity index (χ2v) is 6.46. The van der Waals surface area contributed by atoms with Crippen molar-refractivity contribution in [2.45, 2.75) is 90.1 Å². The third-order valence-electron chi connectivity index (χ3n) is 4.41. The molecule has 1 aliphatic heterocycles. The Hall–Kier alpha value is -0.0800. The van der Waals surface area contributed by atoms with Crippen molar-refractivity contribution in [1.29, 1.82) is 0 Å². The molecule has 114 valence electrons. The van der Waals surface area contributed by atoms with Gasteiger partial charge < -0.3 is 10.2 Å². The minimum Gasteiger partial charge on any atom is -0.310 e. The van der Waals surface area contributed by atoms with Crippen LogP contribution in [0.25, 0.3) is 0 Å². The summed E-state index contributed by atoms with van der Waals surface area (Å²) < 4.78 is 0. The number of nitrogens with one attached hydrogen (secondary N) is 1. The van der Waals surface area contributed by atoms with Gasteiger partial charge in [0.1, 0.15) is 0 Å². The van der Waals surface area contributed by atoms with Crippen LogP contribution in [0.5, 0.6) is 0 Å². The molecule has 1 aliphatic rings. The van der Waals surface area contributed by atoms with Crippen LogP contribution in [0.15, 0.2) is 0 Å². The van der Waals surface area contributed by atoms with E-state index in [9.17, 15) is 0 Å². The lowest BCUT2D eigenvalue weighted by Gasteiger charge is -2.33. The molecule has 0 bridgehead atoms. The zero-order valence-corrected chi connectivity index (χ0v) is 13.6. The van der Waals surface area contributed by atoms with Gasteiger partial charge in [-0.2, -0.15) is 0 Å². The minimum absolute atomic E-state index is 0.743. The van der Waals surface area contributed by atoms with Crippen molar-refractivity contribution < 1.29 is 0 Å². The van der Waals surface area contributed by atoms with E-state index in [1.165, 1.54) is 77.3 Å². The van der Waals surface area contributed by atoms with Gasteiger partial charge >= 0.3 is 0 Å². The zero-order chi connectivity index (χ0) is 13.9. The third-order valence-corrected chi connectivity index (χ3v) is 4.41. The summed E-state index contributed by atoms with van der Waals surface area (Å²) in [5, 5.41) is 3.96. The first-order chi connectivity index (χ1) is 9.26. The van der Waals surface area contributed by atoms with E-state index in [0.717, 1.165) is 12.1 Å². The molecule has 0 aromatic rings. The number of likely N-dealkylation sites (N-methyl/N-ethyl adjacent to an activating group) is 1.